The second-order valence-corrected chi connectivity index (χ2v) is 12.9. The van der Waals surface area contributed by atoms with Gasteiger partial charge in [0.15, 0.2) is 0 Å². The molecular formula is C47H31N3O. The topological polar surface area (TPSA) is 43.9 Å². The maximum Gasteiger partial charge on any atom is 0.143 e. The van der Waals surface area contributed by atoms with E-state index in [1.807, 2.05) is 30.6 Å². The Balaban J connectivity index is 1.18. The van der Waals surface area contributed by atoms with Crippen molar-refractivity contribution in [2.45, 2.75) is 6.92 Å². The standard InChI is InChI=1S/C47H31N3O/c1-3-12-42-31(4-2)36-15-7-8-20-43(36)50(42)30-22-24-44-41(28-30)39-17-9-16-32(47(39)51-44)29-21-23-35-33-13-5-6-14-34(33)37-18-10-25-48-45(37)46-38(40(35)27-29)19-11-26-49-46/h3-28H,2H2,1H3/b12-3-,35-33?,37-34?,40-38?,46-45?. The van der Waals surface area contributed by atoms with Crippen LogP contribution in [0.1, 0.15) is 18.2 Å². The van der Waals surface area contributed by atoms with Crippen LogP contribution in [-0.2, 0) is 0 Å². The number of pyridine rings is 2. The quantitative estimate of drug-likeness (QED) is 0.190. The van der Waals surface area contributed by atoms with Gasteiger partial charge in [0.1, 0.15) is 11.2 Å². The van der Waals surface area contributed by atoms with E-state index >= 15 is 0 Å². The first-order valence-electron chi connectivity index (χ1n) is 17.2. The molecule has 0 aliphatic heterocycles. The lowest BCUT2D eigenvalue weighted by molar-refractivity contribution is 0.670. The van der Waals surface area contributed by atoms with Crippen LogP contribution >= 0.6 is 0 Å². The lowest BCUT2D eigenvalue weighted by Gasteiger charge is -2.22. The molecule has 0 spiro atoms. The van der Waals surface area contributed by atoms with Crippen molar-refractivity contribution in [2.75, 3.05) is 0 Å². The van der Waals surface area contributed by atoms with Crippen LogP contribution in [0.2, 0.25) is 0 Å². The summed E-state index contributed by atoms with van der Waals surface area (Å²) in [5.41, 5.74) is 16.8. The Kier molecular flexibility index (Phi) is 6.52. The molecule has 5 aromatic carbocycles. The molecule has 0 saturated heterocycles. The van der Waals surface area contributed by atoms with Crippen molar-refractivity contribution in [3.05, 3.63) is 164 Å². The van der Waals surface area contributed by atoms with E-state index in [-0.39, 0.29) is 0 Å². The van der Waals surface area contributed by atoms with E-state index < -0.39 is 0 Å². The minimum Gasteiger partial charge on any atom is -0.455 e. The molecule has 1 aliphatic rings. The van der Waals surface area contributed by atoms with Crippen molar-refractivity contribution in [3.8, 4) is 61.6 Å². The summed E-state index contributed by atoms with van der Waals surface area (Å²) in [5, 5.41) is 3.33. The monoisotopic (exact) mass is 653 g/mol. The van der Waals surface area contributed by atoms with Crippen LogP contribution in [0.15, 0.2) is 157 Å². The van der Waals surface area contributed by atoms with Crippen molar-refractivity contribution in [1.82, 2.24) is 14.5 Å². The summed E-state index contributed by atoms with van der Waals surface area (Å²) >= 11 is 0. The van der Waals surface area contributed by atoms with Gasteiger partial charge in [-0.3, -0.25) is 9.97 Å². The molecule has 51 heavy (non-hydrogen) atoms. The number of aromatic nitrogens is 3. The molecule has 240 valence electrons. The zero-order chi connectivity index (χ0) is 34.1. The molecule has 0 N–H and O–H groups in total. The van der Waals surface area contributed by atoms with Gasteiger partial charge in [-0.15, -0.1) is 0 Å². The van der Waals surface area contributed by atoms with Crippen LogP contribution in [-0.4, -0.2) is 14.5 Å². The Morgan fingerprint density at radius 1 is 0.588 bits per heavy atom. The summed E-state index contributed by atoms with van der Waals surface area (Å²) in [5.74, 6) is 0. The number of hydrogen-bond donors (Lipinski definition) is 0. The molecule has 0 amide bonds. The number of hydrogen-bond acceptors (Lipinski definition) is 3. The van der Waals surface area contributed by atoms with Crippen molar-refractivity contribution < 1.29 is 4.42 Å². The lowest BCUT2D eigenvalue weighted by atomic mass is 9.83. The van der Waals surface area contributed by atoms with Crippen LogP contribution in [0.5, 0.6) is 0 Å². The third-order valence-corrected chi connectivity index (χ3v) is 10.2. The van der Waals surface area contributed by atoms with Gasteiger partial charge in [-0.2, -0.15) is 0 Å². The van der Waals surface area contributed by atoms with Gasteiger partial charge in [-0.05, 0) is 83.3 Å². The van der Waals surface area contributed by atoms with Gasteiger partial charge < -0.3 is 8.98 Å². The van der Waals surface area contributed by atoms with E-state index in [1.54, 1.807) is 0 Å². The molecule has 9 aromatic rings. The van der Waals surface area contributed by atoms with E-state index in [2.05, 4.69) is 145 Å². The average molecular weight is 654 g/mol. The van der Waals surface area contributed by atoms with E-state index in [1.165, 1.54) is 10.9 Å². The molecule has 0 atom stereocenters. The van der Waals surface area contributed by atoms with Gasteiger partial charge in [0, 0.05) is 56.5 Å². The van der Waals surface area contributed by atoms with Gasteiger partial charge in [-0.25, -0.2) is 0 Å². The van der Waals surface area contributed by atoms with Crippen LogP contribution in [0.4, 0.5) is 0 Å². The fourth-order valence-electron chi connectivity index (χ4n) is 8.00. The summed E-state index contributed by atoms with van der Waals surface area (Å²) in [6.45, 7) is 6.21. The third-order valence-electron chi connectivity index (χ3n) is 10.2. The van der Waals surface area contributed by atoms with Crippen LogP contribution in [0.25, 0.3) is 107 Å². The van der Waals surface area contributed by atoms with Gasteiger partial charge in [0.25, 0.3) is 0 Å². The van der Waals surface area contributed by atoms with Crippen molar-refractivity contribution in [1.29, 1.82) is 0 Å². The molecule has 4 aromatic heterocycles. The maximum atomic E-state index is 6.72. The smallest absolute Gasteiger partial charge is 0.143 e. The molecule has 4 nitrogen and oxygen atoms in total. The second-order valence-electron chi connectivity index (χ2n) is 12.9. The summed E-state index contributed by atoms with van der Waals surface area (Å²) in [6, 6.07) is 45.1. The molecule has 4 heteroatoms. The number of benzene rings is 5. The zero-order valence-corrected chi connectivity index (χ0v) is 28.0. The van der Waals surface area contributed by atoms with Crippen molar-refractivity contribution in [2.24, 2.45) is 0 Å². The maximum absolute atomic E-state index is 6.72. The Morgan fingerprint density at radius 2 is 1.25 bits per heavy atom. The summed E-state index contributed by atoms with van der Waals surface area (Å²) in [4.78, 5) is 9.76. The van der Waals surface area contributed by atoms with Crippen LogP contribution < -0.4 is 0 Å². The number of para-hydroxylation sites is 2. The highest BCUT2D eigenvalue weighted by Gasteiger charge is 2.24. The van der Waals surface area contributed by atoms with E-state index in [0.717, 1.165) is 94.7 Å². The van der Waals surface area contributed by atoms with Gasteiger partial charge in [0.2, 0.25) is 0 Å². The SMILES string of the molecule is C=Cc1c(/C=C\C)n(-c2ccc3oc4c(-c5ccc6c(c5)-c5cccnc5-c5ncccc5-c5ccccc5-6)cccc4c3c2)c2ccccc12. The molecule has 0 bridgehead atoms. The molecule has 0 radical (unpaired) electrons. The first-order valence-corrected chi connectivity index (χ1v) is 17.2. The van der Waals surface area contributed by atoms with Crippen molar-refractivity contribution in [3.63, 3.8) is 0 Å². The largest absolute Gasteiger partial charge is 0.455 e. The highest BCUT2D eigenvalue weighted by atomic mass is 16.3. The van der Waals surface area contributed by atoms with E-state index in [9.17, 15) is 0 Å². The van der Waals surface area contributed by atoms with Crippen LogP contribution in [0.3, 0.4) is 0 Å². The molecule has 0 saturated carbocycles. The van der Waals surface area contributed by atoms with Crippen molar-refractivity contribution >= 4 is 45.0 Å². The number of nitrogens with zero attached hydrogens (tertiary/aromatic N) is 3. The fraction of sp³-hybridized carbons (Fsp3) is 0.0213. The lowest BCUT2D eigenvalue weighted by Crippen LogP contribution is -2.00. The Labute approximate surface area is 295 Å². The number of allylic oxidation sites excluding steroid dienone is 1. The minimum atomic E-state index is 0.853. The highest BCUT2D eigenvalue weighted by molar-refractivity contribution is 6.11. The Hall–Kier alpha value is -6.78. The minimum absolute atomic E-state index is 0.853. The summed E-state index contributed by atoms with van der Waals surface area (Å²) in [6.07, 6.45) is 9.91. The Bertz CT molecular complexity index is 2900. The first-order chi connectivity index (χ1) is 25.2. The predicted molar refractivity (Wildman–Crippen MR) is 212 cm³/mol. The normalized spacial score (nSPS) is 12.0. The molecule has 1 aliphatic carbocycles. The molecular weight excluding hydrogens is 623 g/mol. The van der Waals surface area contributed by atoms with E-state index in [0.29, 0.717) is 0 Å². The highest BCUT2D eigenvalue weighted by Crippen LogP contribution is 2.48. The average Bonchev–Trinajstić information content (AvgIpc) is 3.72. The fourth-order valence-corrected chi connectivity index (χ4v) is 8.00. The molecule has 10 rings (SSSR count). The molecule has 0 fully saturated rings. The third kappa shape index (κ3) is 4.33. The van der Waals surface area contributed by atoms with Gasteiger partial charge in [0.05, 0.1) is 22.6 Å². The molecule has 4 heterocycles. The second kappa shape index (κ2) is 11.4. The van der Waals surface area contributed by atoms with Gasteiger partial charge in [-0.1, -0.05) is 104 Å². The van der Waals surface area contributed by atoms with E-state index in [4.69, 9.17) is 14.4 Å². The molecule has 0 unspecified atom stereocenters. The van der Waals surface area contributed by atoms with Crippen LogP contribution in [0, 0.1) is 0 Å². The number of furan rings is 1. The summed E-state index contributed by atoms with van der Waals surface area (Å²) < 4.78 is 9.04. The number of rotatable bonds is 4. The summed E-state index contributed by atoms with van der Waals surface area (Å²) in [7, 11) is 0. The predicted octanol–water partition coefficient (Wildman–Crippen LogP) is 12.6. The first kappa shape index (κ1) is 29.2. The zero-order valence-electron chi connectivity index (χ0n) is 28.0. The Morgan fingerprint density at radius 3 is 2.04 bits per heavy atom. The van der Waals surface area contributed by atoms with Gasteiger partial charge >= 0.3 is 0 Å². The number of fused-ring (bicyclic) bond motifs is 12.